The molecule has 0 fully saturated rings. The topological polar surface area (TPSA) is 89.3 Å². The van der Waals surface area contributed by atoms with Crippen molar-refractivity contribution in [3.63, 3.8) is 0 Å². The third kappa shape index (κ3) is 3.11. The second kappa shape index (κ2) is 5.00. The maximum atomic E-state index is 11.4. The molecule has 1 N–H and O–H groups in total. The highest BCUT2D eigenvalue weighted by Gasteiger charge is 2.21. The number of rotatable bonds is 4. The van der Waals surface area contributed by atoms with Crippen molar-refractivity contribution < 1.29 is 13.3 Å². The number of hydrogen-bond donors (Lipinski definition) is 1. The molecule has 7 heteroatoms. The number of anilines is 1. The summed E-state index contributed by atoms with van der Waals surface area (Å²) in [4.78, 5) is 10.4. The Bertz CT molecular complexity index is 629. The molecule has 6 nitrogen and oxygen atoms in total. The molecular weight excluding hydrogens is 268 g/mol. The number of nitro benzene ring substituents is 1. The van der Waals surface area contributed by atoms with Crippen molar-refractivity contribution in [2.24, 2.45) is 0 Å². The van der Waals surface area contributed by atoms with Gasteiger partial charge in [0.05, 0.1) is 9.82 Å². The van der Waals surface area contributed by atoms with E-state index < -0.39 is 14.8 Å². The van der Waals surface area contributed by atoms with Crippen molar-refractivity contribution in [1.29, 1.82) is 0 Å². The van der Waals surface area contributed by atoms with Crippen molar-refractivity contribution in [2.75, 3.05) is 11.6 Å². The van der Waals surface area contributed by atoms with Crippen LogP contribution in [0, 0.1) is 10.1 Å². The molecule has 0 spiro atoms. The Labute approximate surface area is 111 Å². The number of nitrogens with one attached hydrogen (secondary N) is 1. The number of hydrogen-bond acceptors (Lipinski definition) is 5. The molecule has 0 amide bonds. The van der Waals surface area contributed by atoms with Gasteiger partial charge in [-0.25, -0.2) is 8.42 Å². The summed E-state index contributed by atoms with van der Waals surface area (Å²) in [6, 6.07) is 4.06. The van der Waals surface area contributed by atoms with Crippen molar-refractivity contribution in [3.8, 4) is 0 Å². The van der Waals surface area contributed by atoms with Gasteiger partial charge in [-0.1, -0.05) is 12.2 Å². The first-order chi connectivity index (χ1) is 8.88. The van der Waals surface area contributed by atoms with Crippen LogP contribution in [0.25, 0.3) is 0 Å². The largest absolute Gasteiger partial charge is 0.376 e. The summed E-state index contributed by atoms with van der Waals surface area (Å²) >= 11 is 0. The number of nitro groups is 1. The van der Waals surface area contributed by atoms with E-state index in [9.17, 15) is 18.5 Å². The second-order valence-electron chi connectivity index (χ2n) is 4.49. The highest BCUT2D eigenvalue weighted by Crippen LogP contribution is 2.29. The highest BCUT2D eigenvalue weighted by atomic mass is 32.2. The predicted octanol–water partition coefficient (Wildman–Crippen LogP) is 2.13. The van der Waals surface area contributed by atoms with Gasteiger partial charge in [-0.3, -0.25) is 10.1 Å². The number of nitrogens with zero attached hydrogens (tertiary/aromatic N) is 1. The molecule has 0 saturated heterocycles. The average molecular weight is 282 g/mol. The van der Waals surface area contributed by atoms with Gasteiger partial charge in [0.25, 0.3) is 5.69 Å². The SMILES string of the molecule is CS(=O)(=O)c1ccc(NC2CC=CC2)c([N+](=O)[O-])c1. The standard InChI is InChI=1S/C12H14N2O4S/c1-19(17,18)10-6-7-11(12(8-10)14(15)16)13-9-4-2-3-5-9/h2-3,6-9,13H,4-5H2,1H3. The van der Waals surface area contributed by atoms with Crippen LogP contribution in [-0.4, -0.2) is 25.6 Å². The lowest BCUT2D eigenvalue weighted by atomic mass is 10.2. The first-order valence-electron chi connectivity index (χ1n) is 5.78. The Morgan fingerprint density at radius 1 is 1.32 bits per heavy atom. The van der Waals surface area contributed by atoms with Crippen molar-refractivity contribution in [2.45, 2.75) is 23.8 Å². The number of benzene rings is 1. The van der Waals surface area contributed by atoms with Crippen LogP contribution in [0.4, 0.5) is 11.4 Å². The summed E-state index contributed by atoms with van der Waals surface area (Å²) < 4.78 is 22.8. The minimum absolute atomic E-state index is 0.0469. The highest BCUT2D eigenvalue weighted by molar-refractivity contribution is 7.90. The van der Waals surface area contributed by atoms with Crippen LogP contribution in [-0.2, 0) is 9.84 Å². The minimum Gasteiger partial charge on any atom is -0.376 e. The first-order valence-corrected chi connectivity index (χ1v) is 7.67. The van der Waals surface area contributed by atoms with Crippen molar-refractivity contribution in [1.82, 2.24) is 0 Å². The lowest BCUT2D eigenvalue weighted by Gasteiger charge is -2.14. The Morgan fingerprint density at radius 3 is 2.47 bits per heavy atom. The number of sulfone groups is 1. The van der Waals surface area contributed by atoms with E-state index in [1.165, 1.54) is 12.1 Å². The zero-order chi connectivity index (χ0) is 14.0. The minimum atomic E-state index is -3.45. The molecule has 0 aliphatic heterocycles. The molecule has 2 rings (SSSR count). The fraction of sp³-hybridized carbons (Fsp3) is 0.333. The van der Waals surface area contributed by atoms with Crippen molar-refractivity contribution >= 4 is 21.2 Å². The Morgan fingerprint density at radius 2 is 1.95 bits per heavy atom. The van der Waals surface area contributed by atoms with Gasteiger partial charge < -0.3 is 5.32 Å². The Hall–Kier alpha value is -1.89. The Balaban J connectivity index is 2.35. The molecule has 0 saturated carbocycles. The molecule has 1 aromatic rings. The third-order valence-corrected chi connectivity index (χ3v) is 4.07. The second-order valence-corrected chi connectivity index (χ2v) is 6.51. The molecule has 0 radical (unpaired) electrons. The molecule has 0 unspecified atom stereocenters. The smallest absolute Gasteiger partial charge is 0.293 e. The van der Waals surface area contributed by atoms with Crippen LogP contribution in [0.3, 0.4) is 0 Å². The summed E-state index contributed by atoms with van der Waals surface area (Å²) in [6.07, 6.45) is 6.67. The van der Waals surface area contributed by atoms with Gasteiger partial charge in [0.1, 0.15) is 5.69 Å². The summed E-state index contributed by atoms with van der Waals surface area (Å²) in [6.45, 7) is 0. The molecule has 1 aliphatic rings. The molecular formula is C12H14N2O4S. The third-order valence-electron chi connectivity index (χ3n) is 2.96. The van der Waals surface area contributed by atoms with E-state index in [0.717, 1.165) is 25.2 Å². The maximum absolute atomic E-state index is 11.4. The summed E-state index contributed by atoms with van der Waals surface area (Å²) in [5.41, 5.74) is 0.140. The van der Waals surface area contributed by atoms with Crippen LogP contribution in [0.2, 0.25) is 0 Å². The lowest BCUT2D eigenvalue weighted by Crippen LogP contribution is -2.16. The van der Waals surface area contributed by atoms with Crippen LogP contribution in [0.5, 0.6) is 0 Å². The van der Waals surface area contributed by atoms with Crippen molar-refractivity contribution in [3.05, 3.63) is 40.5 Å². The molecule has 19 heavy (non-hydrogen) atoms. The van der Waals surface area contributed by atoms with E-state index in [1.807, 2.05) is 12.2 Å². The maximum Gasteiger partial charge on any atom is 0.293 e. The normalized spacial score (nSPS) is 15.6. The predicted molar refractivity (Wildman–Crippen MR) is 72.0 cm³/mol. The molecule has 0 bridgehead atoms. The monoisotopic (exact) mass is 282 g/mol. The molecule has 1 aromatic carbocycles. The van der Waals surface area contributed by atoms with E-state index in [-0.39, 0.29) is 16.6 Å². The molecule has 0 aromatic heterocycles. The van der Waals surface area contributed by atoms with Gasteiger partial charge in [-0.15, -0.1) is 0 Å². The summed E-state index contributed by atoms with van der Waals surface area (Å²) in [7, 11) is -3.45. The molecule has 1 aliphatic carbocycles. The van der Waals surface area contributed by atoms with Gasteiger partial charge in [0.15, 0.2) is 9.84 Å². The molecule has 102 valence electrons. The van der Waals surface area contributed by atoms with Gasteiger partial charge in [0, 0.05) is 18.4 Å². The van der Waals surface area contributed by atoms with E-state index in [2.05, 4.69) is 5.32 Å². The van der Waals surface area contributed by atoms with Gasteiger partial charge >= 0.3 is 0 Å². The zero-order valence-corrected chi connectivity index (χ0v) is 11.2. The van der Waals surface area contributed by atoms with E-state index in [4.69, 9.17) is 0 Å². The lowest BCUT2D eigenvalue weighted by molar-refractivity contribution is -0.384. The van der Waals surface area contributed by atoms with Crippen LogP contribution >= 0.6 is 0 Å². The van der Waals surface area contributed by atoms with Crippen LogP contribution in [0.15, 0.2) is 35.2 Å². The van der Waals surface area contributed by atoms with Crippen LogP contribution < -0.4 is 5.32 Å². The zero-order valence-electron chi connectivity index (χ0n) is 10.4. The van der Waals surface area contributed by atoms with Gasteiger partial charge in [-0.05, 0) is 25.0 Å². The fourth-order valence-electron chi connectivity index (χ4n) is 1.97. The molecule has 0 atom stereocenters. The average Bonchev–Trinajstić information content (AvgIpc) is 2.80. The van der Waals surface area contributed by atoms with Gasteiger partial charge in [0.2, 0.25) is 0 Å². The summed E-state index contributed by atoms with van der Waals surface area (Å²) in [5.74, 6) is 0. The van der Waals surface area contributed by atoms with Crippen LogP contribution in [0.1, 0.15) is 12.8 Å². The first kappa shape index (κ1) is 13.5. The fourth-order valence-corrected chi connectivity index (χ4v) is 2.61. The van der Waals surface area contributed by atoms with E-state index in [0.29, 0.717) is 5.69 Å². The van der Waals surface area contributed by atoms with Gasteiger partial charge in [-0.2, -0.15) is 0 Å². The summed E-state index contributed by atoms with van der Waals surface area (Å²) in [5, 5.41) is 14.1. The quantitative estimate of drug-likeness (QED) is 0.519. The molecule has 0 heterocycles. The van der Waals surface area contributed by atoms with E-state index >= 15 is 0 Å². The van der Waals surface area contributed by atoms with E-state index in [1.54, 1.807) is 0 Å². The Kier molecular flexibility index (Phi) is 3.57.